The minimum absolute atomic E-state index is 0.000882. The minimum Gasteiger partial charge on any atom is -0.482 e. The first-order chi connectivity index (χ1) is 11.4. The third-order valence-corrected chi connectivity index (χ3v) is 4.03. The van der Waals surface area contributed by atoms with E-state index in [9.17, 15) is 18.0 Å². The Kier molecular flexibility index (Phi) is 6.75. The highest BCUT2D eigenvalue weighted by Gasteiger charge is 2.28. The maximum Gasteiger partial charge on any atom is 0.422 e. The topological polar surface area (TPSA) is 50.4 Å². The number of hydrogen-bond acceptors (Lipinski definition) is 3. The van der Waals surface area contributed by atoms with Gasteiger partial charge in [0.05, 0.1) is 12.2 Å². The van der Waals surface area contributed by atoms with Gasteiger partial charge in [-0.25, -0.2) is 0 Å². The predicted octanol–water partition coefficient (Wildman–Crippen LogP) is 3.74. The monoisotopic (exact) mass is 344 g/mol. The van der Waals surface area contributed by atoms with E-state index < -0.39 is 12.8 Å². The van der Waals surface area contributed by atoms with E-state index >= 15 is 0 Å². The summed E-state index contributed by atoms with van der Waals surface area (Å²) in [6.45, 7) is -0.703. The summed E-state index contributed by atoms with van der Waals surface area (Å²) in [5.41, 5.74) is 0.370. The molecule has 0 unspecified atom stereocenters. The molecule has 1 aliphatic rings. The van der Waals surface area contributed by atoms with Crippen molar-refractivity contribution >= 4 is 11.6 Å². The molecule has 1 aromatic rings. The fraction of sp³-hybridized carbons (Fsp3) is 0.588. The lowest BCUT2D eigenvalue weighted by Gasteiger charge is -2.21. The number of rotatable bonds is 7. The lowest BCUT2D eigenvalue weighted by atomic mass is 9.89. The highest BCUT2D eigenvalue weighted by atomic mass is 19.4. The predicted molar refractivity (Wildman–Crippen MR) is 86.1 cm³/mol. The standard InChI is InChI=1S/C17H23F3N2O2/c18-17(19,20)12-24-15-9-5-4-8-14(15)21-11-16(23)22-10-13-6-2-1-3-7-13/h4-5,8-9,13,21H,1-3,6-7,10-12H2,(H,22,23). The molecule has 2 rings (SSSR count). The van der Waals surface area contributed by atoms with Crippen LogP contribution in [0, 0.1) is 5.92 Å². The van der Waals surface area contributed by atoms with Crippen molar-refractivity contribution in [2.24, 2.45) is 5.92 Å². The van der Waals surface area contributed by atoms with Gasteiger partial charge in [0, 0.05) is 6.54 Å². The summed E-state index contributed by atoms with van der Waals surface area (Å²) in [5.74, 6) is 0.436. The Morgan fingerprint density at radius 2 is 1.88 bits per heavy atom. The maximum atomic E-state index is 12.3. The van der Waals surface area contributed by atoms with Crippen molar-refractivity contribution in [1.82, 2.24) is 5.32 Å². The lowest BCUT2D eigenvalue weighted by Crippen LogP contribution is -2.34. The van der Waals surface area contributed by atoms with E-state index in [1.54, 1.807) is 18.2 Å². The van der Waals surface area contributed by atoms with Gasteiger partial charge in [-0.1, -0.05) is 31.4 Å². The van der Waals surface area contributed by atoms with Crippen molar-refractivity contribution < 1.29 is 22.7 Å². The minimum atomic E-state index is -4.40. The van der Waals surface area contributed by atoms with Gasteiger partial charge in [-0.05, 0) is 30.9 Å². The van der Waals surface area contributed by atoms with Crippen LogP contribution in [0.15, 0.2) is 24.3 Å². The molecule has 1 saturated carbocycles. The Morgan fingerprint density at radius 3 is 2.58 bits per heavy atom. The second-order valence-electron chi connectivity index (χ2n) is 6.06. The average molecular weight is 344 g/mol. The molecule has 4 nitrogen and oxygen atoms in total. The van der Waals surface area contributed by atoms with E-state index in [4.69, 9.17) is 4.74 Å². The van der Waals surface area contributed by atoms with Gasteiger partial charge in [0.2, 0.25) is 5.91 Å². The smallest absolute Gasteiger partial charge is 0.422 e. The van der Waals surface area contributed by atoms with Crippen LogP contribution in [0.1, 0.15) is 32.1 Å². The van der Waals surface area contributed by atoms with Crippen LogP contribution in [0.4, 0.5) is 18.9 Å². The second kappa shape index (κ2) is 8.80. The van der Waals surface area contributed by atoms with Crippen molar-refractivity contribution in [2.45, 2.75) is 38.3 Å². The molecule has 0 radical (unpaired) electrons. The first-order valence-corrected chi connectivity index (χ1v) is 8.23. The van der Waals surface area contributed by atoms with Gasteiger partial charge in [-0.3, -0.25) is 4.79 Å². The van der Waals surface area contributed by atoms with Gasteiger partial charge in [0.25, 0.3) is 0 Å². The maximum absolute atomic E-state index is 12.3. The van der Waals surface area contributed by atoms with Crippen molar-refractivity contribution in [3.8, 4) is 5.75 Å². The molecule has 24 heavy (non-hydrogen) atoms. The summed E-state index contributed by atoms with van der Waals surface area (Å²) in [4.78, 5) is 11.9. The molecule has 134 valence electrons. The summed E-state index contributed by atoms with van der Waals surface area (Å²) in [5, 5.41) is 5.71. The van der Waals surface area contributed by atoms with E-state index in [-0.39, 0.29) is 18.2 Å². The molecule has 0 aromatic heterocycles. The van der Waals surface area contributed by atoms with E-state index in [0.29, 0.717) is 18.2 Å². The molecule has 0 bridgehead atoms. The number of hydrogen-bond donors (Lipinski definition) is 2. The summed E-state index contributed by atoms with van der Waals surface area (Å²) >= 11 is 0. The number of alkyl halides is 3. The highest BCUT2D eigenvalue weighted by Crippen LogP contribution is 2.26. The van der Waals surface area contributed by atoms with Gasteiger partial charge in [0.15, 0.2) is 6.61 Å². The van der Waals surface area contributed by atoms with Crippen molar-refractivity contribution in [2.75, 3.05) is 25.0 Å². The van der Waals surface area contributed by atoms with Crippen LogP contribution in [0.25, 0.3) is 0 Å². The molecule has 0 saturated heterocycles. The zero-order chi connectivity index (χ0) is 17.4. The van der Waals surface area contributed by atoms with Gasteiger partial charge in [0.1, 0.15) is 5.75 Å². The van der Waals surface area contributed by atoms with Crippen molar-refractivity contribution in [3.05, 3.63) is 24.3 Å². The molecule has 0 spiro atoms. The molecule has 1 amide bonds. The van der Waals surface area contributed by atoms with E-state index in [0.717, 1.165) is 12.8 Å². The number of para-hydroxylation sites is 2. The molecule has 1 aromatic carbocycles. The molecule has 0 atom stereocenters. The van der Waals surface area contributed by atoms with Gasteiger partial charge in [-0.15, -0.1) is 0 Å². The number of amides is 1. The fourth-order valence-corrected chi connectivity index (χ4v) is 2.79. The third kappa shape index (κ3) is 6.68. The Hall–Kier alpha value is -1.92. The Labute approximate surface area is 139 Å². The Morgan fingerprint density at radius 1 is 1.17 bits per heavy atom. The lowest BCUT2D eigenvalue weighted by molar-refractivity contribution is -0.153. The summed E-state index contributed by atoms with van der Waals surface area (Å²) < 4.78 is 41.5. The summed E-state index contributed by atoms with van der Waals surface area (Å²) in [6.07, 6.45) is 1.57. The van der Waals surface area contributed by atoms with Crippen LogP contribution in [0.2, 0.25) is 0 Å². The van der Waals surface area contributed by atoms with E-state index in [2.05, 4.69) is 10.6 Å². The van der Waals surface area contributed by atoms with Crippen LogP contribution < -0.4 is 15.4 Å². The first-order valence-electron chi connectivity index (χ1n) is 8.23. The second-order valence-corrected chi connectivity index (χ2v) is 6.06. The summed E-state index contributed by atoms with van der Waals surface area (Å²) in [7, 11) is 0. The molecule has 7 heteroatoms. The summed E-state index contributed by atoms with van der Waals surface area (Å²) in [6, 6.07) is 6.27. The van der Waals surface area contributed by atoms with Crippen LogP contribution >= 0.6 is 0 Å². The molecule has 1 aliphatic carbocycles. The van der Waals surface area contributed by atoms with Crippen LogP contribution in [-0.2, 0) is 4.79 Å². The Bertz CT molecular complexity index is 529. The Balaban J connectivity index is 1.77. The van der Waals surface area contributed by atoms with E-state index in [1.807, 2.05) is 0 Å². The fourth-order valence-electron chi connectivity index (χ4n) is 2.79. The first kappa shape index (κ1) is 18.4. The zero-order valence-corrected chi connectivity index (χ0v) is 13.5. The number of benzene rings is 1. The normalized spacial score (nSPS) is 15.8. The van der Waals surface area contributed by atoms with E-state index in [1.165, 1.54) is 25.3 Å². The third-order valence-electron chi connectivity index (χ3n) is 4.03. The number of halogens is 3. The van der Waals surface area contributed by atoms with Gasteiger partial charge < -0.3 is 15.4 Å². The van der Waals surface area contributed by atoms with Crippen LogP contribution in [0.3, 0.4) is 0 Å². The number of nitrogens with one attached hydrogen (secondary N) is 2. The molecular weight excluding hydrogens is 321 g/mol. The molecule has 2 N–H and O–H groups in total. The quantitative estimate of drug-likeness (QED) is 0.792. The van der Waals surface area contributed by atoms with Gasteiger partial charge >= 0.3 is 6.18 Å². The van der Waals surface area contributed by atoms with Crippen LogP contribution in [0.5, 0.6) is 5.75 Å². The SMILES string of the molecule is O=C(CNc1ccccc1OCC(F)(F)F)NCC1CCCCC1. The number of ether oxygens (including phenoxy) is 1. The molecule has 0 heterocycles. The molecule has 0 aliphatic heterocycles. The van der Waals surface area contributed by atoms with Crippen LogP contribution in [-0.4, -0.2) is 31.8 Å². The van der Waals surface area contributed by atoms with Crippen molar-refractivity contribution in [1.29, 1.82) is 0 Å². The number of anilines is 1. The largest absolute Gasteiger partial charge is 0.482 e. The molecular formula is C17H23F3N2O2. The van der Waals surface area contributed by atoms with Gasteiger partial charge in [-0.2, -0.15) is 13.2 Å². The zero-order valence-electron chi connectivity index (χ0n) is 13.5. The number of carbonyl (C=O) groups is 1. The average Bonchev–Trinajstić information content (AvgIpc) is 2.57. The van der Waals surface area contributed by atoms with Crippen molar-refractivity contribution in [3.63, 3.8) is 0 Å². The number of carbonyl (C=O) groups excluding carboxylic acids is 1. The highest BCUT2D eigenvalue weighted by molar-refractivity contribution is 5.81. The molecule has 1 fully saturated rings.